The fraction of sp³-hybridized carbons (Fsp3) is 0.429. The van der Waals surface area contributed by atoms with Crippen LogP contribution < -0.4 is 9.64 Å². The summed E-state index contributed by atoms with van der Waals surface area (Å²) in [4.78, 5) is 20.5. The summed E-state index contributed by atoms with van der Waals surface area (Å²) in [6, 6.07) is 13.9. The van der Waals surface area contributed by atoms with Crippen molar-refractivity contribution in [1.29, 1.82) is 0 Å². The summed E-state index contributed by atoms with van der Waals surface area (Å²) in [5, 5.41) is 0. The molecule has 0 aliphatic carbocycles. The molecule has 2 heterocycles. The van der Waals surface area contributed by atoms with Crippen molar-refractivity contribution in [3.8, 4) is 5.88 Å². The lowest BCUT2D eigenvalue weighted by Crippen LogP contribution is -2.50. The molecular weight excluding hydrogens is 342 g/mol. The molecule has 1 amide bonds. The number of hydrogen-bond donors (Lipinski definition) is 0. The van der Waals surface area contributed by atoms with Gasteiger partial charge in [0.1, 0.15) is 12.2 Å². The van der Waals surface area contributed by atoms with Gasteiger partial charge in [-0.25, -0.2) is 9.78 Å². The SMILES string of the molecule is CC(C)(C)OC(=O)N1CCN(c2ccc(OCc3ccccc3)nc2)CC1. The second kappa shape index (κ2) is 8.29. The third-order valence-electron chi connectivity index (χ3n) is 4.25. The van der Waals surface area contributed by atoms with Crippen molar-refractivity contribution in [1.82, 2.24) is 9.88 Å². The summed E-state index contributed by atoms with van der Waals surface area (Å²) in [7, 11) is 0. The molecule has 0 saturated carbocycles. The second-order valence-electron chi connectivity index (χ2n) is 7.58. The van der Waals surface area contributed by atoms with Crippen LogP contribution in [0.1, 0.15) is 26.3 Å². The second-order valence-corrected chi connectivity index (χ2v) is 7.58. The maximum absolute atomic E-state index is 12.1. The number of amides is 1. The van der Waals surface area contributed by atoms with E-state index in [1.54, 1.807) is 4.90 Å². The van der Waals surface area contributed by atoms with Crippen LogP contribution in [0, 0.1) is 0 Å². The smallest absolute Gasteiger partial charge is 0.410 e. The predicted molar refractivity (Wildman–Crippen MR) is 105 cm³/mol. The van der Waals surface area contributed by atoms with Crippen LogP contribution in [0.15, 0.2) is 48.7 Å². The van der Waals surface area contributed by atoms with Gasteiger partial charge in [-0.1, -0.05) is 30.3 Å². The van der Waals surface area contributed by atoms with Crippen LogP contribution in [0.25, 0.3) is 0 Å². The number of anilines is 1. The number of rotatable bonds is 4. The maximum Gasteiger partial charge on any atom is 0.410 e. The number of benzene rings is 1. The first-order chi connectivity index (χ1) is 12.9. The quantitative estimate of drug-likeness (QED) is 0.822. The number of hydrogen-bond acceptors (Lipinski definition) is 5. The van der Waals surface area contributed by atoms with E-state index in [1.165, 1.54) is 0 Å². The molecule has 6 heteroatoms. The van der Waals surface area contributed by atoms with E-state index in [0.717, 1.165) is 24.3 Å². The number of carbonyl (C=O) groups is 1. The molecule has 1 saturated heterocycles. The van der Waals surface area contributed by atoms with Gasteiger partial charge in [-0.05, 0) is 32.4 Å². The third kappa shape index (κ3) is 5.61. The fourth-order valence-corrected chi connectivity index (χ4v) is 2.85. The van der Waals surface area contributed by atoms with E-state index in [1.807, 2.05) is 69.4 Å². The van der Waals surface area contributed by atoms with E-state index >= 15 is 0 Å². The van der Waals surface area contributed by atoms with Crippen LogP contribution >= 0.6 is 0 Å². The average molecular weight is 369 g/mol. The third-order valence-corrected chi connectivity index (χ3v) is 4.25. The van der Waals surface area contributed by atoms with E-state index in [2.05, 4.69) is 9.88 Å². The highest BCUT2D eigenvalue weighted by molar-refractivity contribution is 5.68. The summed E-state index contributed by atoms with van der Waals surface area (Å²) in [5.41, 5.74) is 1.68. The van der Waals surface area contributed by atoms with Gasteiger partial charge in [-0.15, -0.1) is 0 Å². The number of aromatic nitrogens is 1. The standard InChI is InChI=1S/C21H27N3O3/c1-21(2,3)27-20(25)24-13-11-23(12-14-24)18-9-10-19(22-15-18)26-16-17-7-5-4-6-8-17/h4-10,15H,11-14,16H2,1-3H3. The van der Waals surface area contributed by atoms with E-state index in [9.17, 15) is 4.79 Å². The van der Waals surface area contributed by atoms with Crippen molar-refractivity contribution in [2.24, 2.45) is 0 Å². The molecule has 1 aromatic carbocycles. The van der Waals surface area contributed by atoms with Crippen molar-refractivity contribution >= 4 is 11.8 Å². The molecule has 1 aliphatic heterocycles. The molecule has 1 aliphatic rings. The lowest BCUT2D eigenvalue weighted by Gasteiger charge is -2.36. The van der Waals surface area contributed by atoms with Gasteiger partial charge in [0.25, 0.3) is 0 Å². The van der Waals surface area contributed by atoms with Crippen LogP contribution in [-0.4, -0.2) is 47.8 Å². The lowest BCUT2D eigenvalue weighted by atomic mass is 10.2. The van der Waals surface area contributed by atoms with Crippen molar-refractivity contribution in [3.63, 3.8) is 0 Å². The summed E-state index contributed by atoms with van der Waals surface area (Å²) < 4.78 is 11.2. The molecule has 0 radical (unpaired) electrons. The topological polar surface area (TPSA) is 54.9 Å². The molecule has 0 unspecified atom stereocenters. The number of piperazine rings is 1. The molecule has 1 fully saturated rings. The highest BCUT2D eigenvalue weighted by atomic mass is 16.6. The molecule has 0 atom stereocenters. The summed E-state index contributed by atoms with van der Waals surface area (Å²) in [6.45, 7) is 8.94. The van der Waals surface area contributed by atoms with Gasteiger partial charge in [-0.3, -0.25) is 0 Å². The zero-order valence-corrected chi connectivity index (χ0v) is 16.2. The van der Waals surface area contributed by atoms with Crippen molar-refractivity contribution < 1.29 is 14.3 Å². The Morgan fingerprint density at radius 3 is 2.33 bits per heavy atom. The lowest BCUT2D eigenvalue weighted by molar-refractivity contribution is 0.0240. The van der Waals surface area contributed by atoms with Crippen molar-refractivity contribution in [2.45, 2.75) is 33.0 Å². The minimum atomic E-state index is -0.465. The fourth-order valence-electron chi connectivity index (χ4n) is 2.85. The summed E-state index contributed by atoms with van der Waals surface area (Å²) in [5.74, 6) is 0.606. The van der Waals surface area contributed by atoms with Gasteiger partial charge < -0.3 is 19.3 Å². The molecule has 0 spiro atoms. The zero-order valence-electron chi connectivity index (χ0n) is 16.2. The molecule has 0 bridgehead atoms. The van der Waals surface area contributed by atoms with E-state index in [0.29, 0.717) is 25.6 Å². The normalized spacial score (nSPS) is 14.8. The van der Waals surface area contributed by atoms with Gasteiger partial charge in [-0.2, -0.15) is 0 Å². The van der Waals surface area contributed by atoms with Crippen LogP contribution in [0.2, 0.25) is 0 Å². The summed E-state index contributed by atoms with van der Waals surface area (Å²) in [6.07, 6.45) is 1.58. The monoisotopic (exact) mass is 369 g/mol. The van der Waals surface area contributed by atoms with Gasteiger partial charge in [0, 0.05) is 32.2 Å². The molecular formula is C21H27N3O3. The molecule has 144 valence electrons. The Hall–Kier alpha value is -2.76. The molecule has 6 nitrogen and oxygen atoms in total. The van der Waals surface area contributed by atoms with Gasteiger partial charge in [0.15, 0.2) is 0 Å². The van der Waals surface area contributed by atoms with E-state index in [-0.39, 0.29) is 6.09 Å². The molecule has 0 N–H and O–H groups in total. The number of pyridine rings is 1. The first-order valence-electron chi connectivity index (χ1n) is 9.26. The molecule has 1 aromatic heterocycles. The number of nitrogens with zero attached hydrogens (tertiary/aromatic N) is 3. The Balaban J connectivity index is 1.49. The van der Waals surface area contributed by atoms with Crippen LogP contribution in [0.5, 0.6) is 5.88 Å². The minimum absolute atomic E-state index is 0.245. The first-order valence-corrected chi connectivity index (χ1v) is 9.26. The Kier molecular flexibility index (Phi) is 5.84. The molecule has 3 rings (SSSR count). The minimum Gasteiger partial charge on any atom is -0.473 e. The van der Waals surface area contributed by atoms with E-state index in [4.69, 9.17) is 9.47 Å². The Bertz CT molecular complexity index is 734. The predicted octanol–water partition coefficient (Wildman–Crippen LogP) is 3.72. The Morgan fingerprint density at radius 1 is 1.04 bits per heavy atom. The maximum atomic E-state index is 12.1. The first kappa shape index (κ1) is 19.0. The number of ether oxygens (including phenoxy) is 2. The zero-order chi connectivity index (χ0) is 19.3. The Morgan fingerprint density at radius 2 is 1.74 bits per heavy atom. The molecule has 2 aromatic rings. The van der Waals surface area contributed by atoms with E-state index < -0.39 is 5.60 Å². The average Bonchev–Trinajstić information content (AvgIpc) is 2.66. The summed E-state index contributed by atoms with van der Waals surface area (Å²) >= 11 is 0. The van der Waals surface area contributed by atoms with Crippen LogP contribution in [0.4, 0.5) is 10.5 Å². The van der Waals surface area contributed by atoms with Crippen molar-refractivity contribution in [2.75, 3.05) is 31.1 Å². The molecule has 27 heavy (non-hydrogen) atoms. The van der Waals surface area contributed by atoms with Crippen LogP contribution in [-0.2, 0) is 11.3 Å². The largest absolute Gasteiger partial charge is 0.473 e. The van der Waals surface area contributed by atoms with Gasteiger partial charge >= 0.3 is 6.09 Å². The van der Waals surface area contributed by atoms with Crippen molar-refractivity contribution in [3.05, 3.63) is 54.2 Å². The highest BCUT2D eigenvalue weighted by Gasteiger charge is 2.26. The number of carbonyl (C=O) groups excluding carboxylic acids is 1. The highest BCUT2D eigenvalue weighted by Crippen LogP contribution is 2.20. The van der Waals surface area contributed by atoms with Crippen LogP contribution in [0.3, 0.4) is 0 Å². The van der Waals surface area contributed by atoms with Gasteiger partial charge in [0.05, 0.1) is 11.9 Å². The Labute approximate surface area is 160 Å². The van der Waals surface area contributed by atoms with Gasteiger partial charge in [0.2, 0.25) is 5.88 Å².